The lowest BCUT2D eigenvalue weighted by Crippen LogP contribution is -2.01. The Morgan fingerprint density at radius 1 is 1.00 bits per heavy atom. The molecule has 0 aliphatic heterocycles. The number of aryl methyl sites for hydroxylation is 1. The third-order valence-electron chi connectivity index (χ3n) is 2.69. The van der Waals surface area contributed by atoms with Gasteiger partial charge in [0.25, 0.3) is 0 Å². The van der Waals surface area contributed by atoms with E-state index in [2.05, 4.69) is 0 Å². The average Bonchev–Trinajstić information content (AvgIpc) is 2.36. The SMILES string of the molecule is NCCCc1ccccc1Oc1cc(F)cc(F)c1. The van der Waals surface area contributed by atoms with E-state index in [9.17, 15) is 8.78 Å². The molecular weight excluding hydrogens is 248 g/mol. The van der Waals surface area contributed by atoms with Gasteiger partial charge in [-0.25, -0.2) is 8.78 Å². The minimum absolute atomic E-state index is 0.151. The van der Waals surface area contributed by atoms with Crippen LogP contribution in [0.1, 0.15) is 12.0 Å². The first-order valence-electron chi connectivity index (χ1n) is 6.11. The van der Waals surface area contributed by atoms with Crippen LogP contribution in [0, 0.1) is 11.6 Å². The predicted molar refractivity (Wildman–Crippen MR) is 70.2 cm³/mol. The Morgan fingerprint density at radius 3 is 2.37 bits per heavy atom. The quantitative estimate of drug-likeness (QED) is 0.893. The number of para-hydroxylation sites is 1. The number of halogens is 2. The molecule has 0 aliphatic carbocycles. The van der Waals surface area contributed by atoms with E-state index in [-0.39, 0.29) is 5.75 Å². The zero-order valence-corrected chi connectivity index (χ0v) is 10.4. The highest BCUT2D eigenvalue weighted by atomic mass is 19.1. The molecule has 100 valence electrons. The minimum Gasteiger partial charge on any atom is -0.457 e. The van der Waals surface area contributed by atoms with Crippen molar-refractivity contribution in [3.63, 3.8) is 0 Å². The van der Waals surface area contributed by atoms with Crippen LogP contribution in [-0.2, 0) is 6.42 Å². The van der Waals surface area contributed by atoms with E-state index in [4.69, 9.17) is 10.5 Å². The summed E-state index contributed by atoms with van der Waals surface area (Å²) in [5.74, 6) is -0.567. The van der Waals surface area contributed by atoms with Crippen molar-refractivity contribution < 1.29 is 13.5 Å². The molecule has 0 atom stereocenters. The highest BCUT2D eigenvalue weighted by Crippen LogP contribution is 2.27. The lowest BCUT2D eigenvalue weighted by atomic mass is 10.1. The van der Waals surface area contributed by atoms with Crippen LogP contribution in [0.25, 0.3) is 0 Å². The Bertz CT molecular complexity index is 537. The average molecular weight is 263 g/mol. The third-order valence-corrected chi connectivity index (χ3v) is 2.69. The van der Waals surface area contributed by atoms with Crippen molar-refractivity contribution in [2.45, 2.75) is 12.8 Å². The summed E-state index contributed by atoms with van der Waals surface area (Å²) in [4.78, 5) is 0. The molecule has 0 spiro atoms. The van der Waals surface area contributed by atoms with Gasteiger partial charge in [0.05, 0.1) is 0 Å². The van der Waals surface area contributed by atoms with Crippen LogP contribution in [0.15, 0.2) is 42.5 Å². The number of benzene rings is 2. The van der Waals surface area contributed by atoms with Crippen molar-refractivity contribution in [3.8, 4) is 11.5 Å². The maximum atomic E-state index is 13.1. The molecule has 0 bridgehead atoms. The van der Waals surface area contributed by atoms with Gasteiger partial charge in [-0.05, 0) is 31.0 Å². The van der Waals surface area contributed by atoms with Crippen molar-refractivity contribution in [2.75, 3.05) is 6.54 Å². The Balaban J connectivity index is 2.22. The molecule has 0 heterocycles. The fourth-order valence-corrected chi connectivity index (χ4v) is 1.82. The first kappa shape index (κ1) is 13.5. The molecule has 0 unspecified atom stereocenters. The monoisotopic (exact) mass is 263 g/mol. The Hall–Kier alpha value is -1.94. The summed E-state index contributed by atoms with van der Waals surface area (Å²) in [6, 6.07) is 10.5. The second-order valence-corrected chi connectivity index (χ2v) is 4.21. The van der Waals surface area contributed by atoms with E-state index in [0.717, 1.165) is 36.6 Å². The highest BCUT2D eigenvalue weighted by molar-refractivity contribution is 5.38. The van der Waals surface area contributed by atoms with Crippen LogP contribution >= 0.6 is 0 Å². The number of ether oxygens (including phenoxy) is 1. The Labute approximate surface area is 110 Å². The zero-order valence-electron chi connectivity index (χ0n) is 10.4. The summed E-state index contributed by atoms with van der Waals surface area (Å²) in [6.45, 7) is 0.586. The molecule has 0 saturated carbocycles. The molecular formula is C15H15F2NO. The van der Waals surface area contributed by atoms with Crippen molar-refractivity contribution in [2.24, 2.45) is 5.73 Å². The summed E-state index contributed by atoms with van der Waals surface area (Å²) < 4.78 is 31.7. The molecule has 0 fully saturated rings. The molecule has 4 heteroatoms. The van der Waals surface area contributed by atoms with E-state index >= 15 is 0 Å². The second-order valence-electron chi connectivity index (χ2n) is 4.21. The fraction of sp³-hybridized carbons (Fsp3) is 0.200. The molecule has 19 heavy (non-hydrogen) atoms. The maximum Gasteiger partial charge on any atom is 0.133 e. The normalized spacial score (nSPS) is 10.5. The van der Waals surface area contributed by atoms with E-state index in [0.29, 0.717) is 12.3 Å². The van der Waals surface area contributed by atoms with Gasteiger partial charge in [-0.3, -0.25) is 0 Å². The summed E-state index contributed by atoms with van der Waals surface area (Å²) >= 11 is 0. The van der Waals surface area contributed by atoms with Crippen molar-refractivity contribution >= 4 is 0 Å². The zero-order chi connectivity index (χ0) is 13.7. The van der Waals surface area contributed by atoms with Crippen molar-refractivity contribution in [1.29, 1.82) is 0 Å². The van der Waals surface area contributed by atoms with Gasteiger partial charge in [0.15, 0.2) is 0 Å². The van der Waals surface area contributed by atoms with Crippen LogP contribution in [0.5, 0.6) is 11.5 Å². The van der Waals surface area contributed by atoms with Crippen LogP contribution in [0.2, 0.25) is 0 Å². The molecule has 2 aromatic carbocycles. The Kier molecular flexibility index (Phi) is 4.47. The van der Waals surface area contributed by atoms with Gasteiger partial charge in [-0.2, -0.15) is 0 Å². The van der Waals surface area contributed by atoms with E-state index in [1.807, 2.05) is 18.2 Å². The van der Waals surface area contributed by atoms with Gasteiger partial charge < -0.3 is 10.5 Å². The van der Waals surface area contributed by atoms with Crippen molar-refractivity contribution in [3.05, 3.63) is 59.7 Å². The van der Waals surface area contributed by atoms with E-state index < -0.39 is 11.6 Å². The lowest BCUT2D eigenvalue weighted by molar-refractivity contribution is 0.462. The van der Waals surface area contributed by atoms with Gasteiger partial charge in [0.1, 0.15) is 23.1 Å². The number of hydrogen-bond donors (Lipinski definition) is 1. The number of hydrogen-bond acceptors (Lipinski definition) is 2. The van der Waals surface area contributed by atoms with Gasteiger partial charge in [0.2, 0.25) is 0 Å². The maximum absolute atomic E-state index is 13.1. The smallest absolute Gasteiger partial charge is 0.133 e. The molecule has 0 amide bonds. The topological polar surface area (TPSA) is 35.2 Å². The molecule has 0 aromatic heterocycles. The summed E-state index contributed by atoms with van der Waals surface area (Å²) in [7, 11) is 0. The second kappa shape index (κ2) is 6.29. The largest absolute Gasteiger partial charge is 0.457 e. The molecule has 0 aliphatic rings. The van der Waals surface area contributed by atoms with E-state index in [1.54, 1.807) is 6.07 Å². The minimum atomic E-state index is -0.658. The fourth-order valence-electron chi connectivity index (χ4n) is 1.82. The molecule has 0 radical (unpaired) electrons. The van der Waals surface area contributed by atoms with Crippen LogP contribution in [0.4, 0.5) is 8.78 Å². The van der Waals surface area contributed by atoms with Gasteiger partial charge in [-0.1, -0.05) is 18.2 Å². The first-order chi connectivity index (χ1) is 9.19. The molecule has 2 nitrogen and oxygen atoms in total. The summed E-state index contributed by atoms with van der Waals surface area (Å²) in [5, 5.41) is 0. The van der Waals surface area contributed by atoms with E-state index in [1.165, 1.54) is 0 Å². The number of nitrogens with two attached hydrogens (primary N) is 1. The van der Waals surface area contributed by atoms with Gasteiger partial charge in [0, 0.05) is 18.2 Å². The summed E-state index contributed by atoms with van der Waals surface area (Å²) in [5.41, 5.74) is 6.45. The number of rotatable bonds is 5. The van der Waals surface area contributed by atoms with Gasteiger partial charge in [-0.15, -0.1) is 0 Å². The van der Waals surface area contributed by atoms with Crippen LogP contribution in [0.3, 0.4) is 0 Å². The first-order valence-corrected chi connectivity index (χ1v) is 6.11. The third kappa shape index (κ3) is 3.76. The molecule has 0 saturated heterocycles. The predicted octanol–water partition coefficient (Wildman–Crippen LogP) is 3.65. The Morgan fingerprint density at radius 2 is 1.68 bits per heavy atom. The van der Waals surface area contributed by atoms with Gasteiger partial charge >= 0.3 is 0 Å². The van der Waals surface area contributed by atoms with Crippen molar-refractivity contribution in [1.82, 2.24) is 0 Å². The molecule has 2 aromatic rings. The summed E-state index contributed by atoms with van der Waals surface area (Å²) in [6.07, 6.45) is 1.60. The highest BCUT2D eigenvalue weighted by Gasteiger charge is 2.06. The van der Waals surface area contributed by atoms with Crippen LogP contribution in [-0.4, -0.2) is 6.54 Å². The molecule has 2 rings (SSSR count). The molecule has 2 N–H and O–H groups in total. The standard InChI is InChI=1S/C15H15F2NO/c16-12-8-13(17)10-14(9-12)19-15-6-2-1-4-11(15)5-3-7-18/h1-2,4,6,8-10H,3,5,7,18H2. The lowest BCUT2D eigenvalue weighted by Gasteiger charge is -2.11. The van der Waals surface area contributed by atoms with Crippen LogP contribution < -0.4 is 10.5 Å².